The third-order valence-corrected chi connectivity index (χ3v) is 17.5. The van der Waals surface area contributed by atoms with Gasteiger partial charge in [-0.25, -0.2) is 0 Å². The lowest BCUT2D eigenvalue weighted by Crippen LogP contribution is -1.90. The Labute approximate surface area is 194 Å². The summed E-state index contributed by atoms with van der Waals surface area (Å²) in [7, 11) is -14.2. The molecule has 12 nitrogen and oxygen atoms in total. The first kappa shape index (κ1) is 44.0. The van der Waals surface area contributed by atoms with Crippen molar-refractivity contribution in [2.45, 2.75) is 0 Å². The second kappa shape index (κ2) is 18.2. The monoisotopic (exact) mass is 618 g/mol. The zero-order chi connectivity index (χ0) is 27.2. The van der Waals surface area contributed by atoms with Crippen molar-refractivity contribution in [2.24, 2.45) is 0 Å². The molecule has 6 atom stereocenters. The summed E-state index contributed by atoms with van der Waals surface area (Å²) in [5.74, 6) is -0.719. The first-order chi connectivity index (χ1) is 13.8. The topological polar surface area (TPSA) is 191 Å². The van der Waals surface area contributed by atoms with Crippen LogP contribution in [0.2, 0.25) is 0 Å². The summed E-state index contributed by atoms with van der Waals surface area (Å²) < 4.78 is 94.8. The van der Waals surface area contributed by atoms with Gasteiger partial charge in [-0.2, -0.15) is 0 Å². The Bertz CT molecular complexity index is 706. The molecule has 210 valence electrons. The average Bonchev–Trinajstić information content (AvgIpc) is 2.51. The highest BCUT2D eigenvalue weighted by Gasteiger charge is 2.25. The molecule has 0 rings (SSSR count). The molecule has 0 aliphatic heterocycles. The van der Waals surface area contributed by atoms with Crippen LogP contribution in [0.4, 0.5) is 13.9 Å². The van der Waals surface area contributed by atoms with Gasteiger partial charge in [0.25, 0.3) is 0 Å². The lowest BCUT2D eigenvalue weighted by molar-refractivity contribution is 0.108. The Kier molecular flexibility index (Phi) is 24.3. The molecule has 0 fully saturated rings. The Hall–Kier alpha value is 0.930. The predicted octanol–water partition coefficient (Wildman–Crippen LogP) is 5.43. The minimum atomic E-state index is -3.19. The van der Waals surface area contributed by atoms with Crippen molar-refractivity contribution in [3.05, 3.63) is 0 Å². The molecule has 0 saturated heterocycles. The number of rotatable bonds is 9. The number of hydrogen-bond acceptors (Lipinski definition) is 9. The summed E-state index contributed by atoms with van der Waals surface area (Å²) >= 11 is 0. The van der Waals surface area contributed by atoms with E-state index in [0.29, 0.717) is 0 Å². The fourth-order valence-electron chi connectivity index (χ4n) is 1.60. The molecule has 0 amide bonds. The lowest BCUT2D eigenvalue weighted by Gasteiger charge is -2.11. The Morgan fingerprint density at radius 2 is 0.667 bits per heavy atom. The maximum absolute atomic E-state index is 11.0. The van der Waals surface area contributed by atoms with Gasteiger partial charge in [-0.1, -0.05) is 0 Å². The van der Waals surface area contributed by atoms with Gasteiger partial charge in [-0.3, -0.25) is 32.1 Å². The van der Waals surface area contributed by atoms with Crippen LogP contribution < -0.4 is 0 Å². The molecule has 0 saturated carbocycles. The van der Waals surface area contributed by atoms with E-state index in [0.717, 1.165) is 0 Å². The molecule has 0 aromatic heterocycles. The summed E-state index contributed by atoms with van der Waals surface area (Å²) in [6.07, 6.45) is 0. The second-order valence-corrected chi connectivity index (χ2v) is 24.0. The standard InChI is InChI=1S/3C4H12O4P2.F2.FH.H2/c3*1-8-10(3,7)4-9(2,5)6;1-2;;/h3*4H2,1-3H3,(H,5,6);;2*1H. The maximum Gasteiger partial charge on any atom is 0.209 e. The van der Waals surface area contributed by atoms with Crippen LogP contribution >= 0.6 is 44.2 Å². The van der Waals surface area contributed by atoms with Gasteiger partial charge in [0.1, 0.15) is 17.7 Å². The largest absolute Gasteiger partial charge is 0.344 e. The van der Waals surface area contributed by atoms with E-state index in [2.05, 4.69) is 13.6 Å². The van der Waals surface area contributed by atoms with E-state index in [4.69, 9.17) is 23.8 Å². The van der Waals surface area contributed by atoms with E-state index >= 15 is 0 Å². The highest BCUT2D eigenvalue weighted by molar-refractivity contribution is 7.75. The minimum Gasteiger partial charge on any atom is -0.344 e. The molecule has 6 unspecified atom stereocenters. The SMILES string of the molecule is COP(C)(=O)CP(C)(=O)O.COP(C)(=O)CP(C)(=O)O.COP(C)(=O)CP(C)(=O)O.F.FF.[HH]. The van der Waals surface area contributed by atoms with Crippen molar-refractivity contribution in [2.75, 3.05) is 79.0 Å². The lowest BCUT2D eigenvalue weighted by atomic mass is 11.8. The quantitative estimate of drug-likeness (QED) is 0.278. The molecule has 0 aromatic carbocycles. The van der Waals surface area contributed by atoms with E-state index in [-0.39, 0.29) is 23.8 Å². The van der Waals surface area contributed by atoms with E-state index in [1.54, 1.807) is 0 Å². The Morgan fingerprint density at radius 1 is 0.545 bits per heavy atom. The van der Waals surface area contributed by atoms with Crippen molar-refractivity contribution in [1.82, 2.24) is 0 Å². The zero-order valence-corrected chi connectivity index (χ0v) is 25.4. The van der Waals surface area contributed by atoms with Crippen LogP contribution in [0.15, 0.2) is 0 Å². The molecule has 0 radical (unpaired) electrons. The molecular weight excluding hydrogens is 579 g/mol. The van der Waals surface area contributed by atoms with Gasteiger partial charge in [0, 0.05) is 71.9 Å². The maximum atomic E-state index is 11.0. The molecule has 0 heterocycles. The highest BCUT2D eigenvalue weighted by Crippen LogP contribution is 2.56. The van der Waals surface area contributed by atoms with Gasteiger partial charge in [-0.15, -0.1) is 0 Å². The Morgan fingerprint density at radius 3 is 0.697 bits per heavy atom. The molecule has 0 bridgehead atoms. The molecule has 33 heavy (non-hydrogen) atoms. The van der Waals surface area contributed by atoms with Crippen molar-refractivity contribution in [3.8, 4) is 0 Å². The summed E-state index contributed by atoms with van der Waals surface area (Å²) in [5, 5.41) is 0. The molecular formula is C12H39F3O12P6. The summed E-state index contributed by atoms with van der Waals surface area (Å²) in [5.41, 5.74) is 0. The van der Waals surface area contributed by atoms with Crippen LogP contribution in [0.5, 0.6) is 0 Å². The van der Waals surface area contributed by atoms with Crippen LogP contribution in [-0.4, -0.2) is 93.7 Å². The van der Waals surface area contributed by atoms with Crippen LogP contribution in [0, 0.1) is 0 Å². The zero-order valence-electron chi connectivity index (χ0n) is 20.0. The summed E-state index contributed by atoms with van der Waals surface area (Å²) in [6.45, 7) is 7.55. The summed E-state index contributed by atoms with van der Waals surface area (Å²) in [6, 6.07) is 0. The average molecular weight is 618 g/mol. The van der Waals surface area contributed by atoms with E-state index in [1.807, 2.05) is 0 Å². The van der Waals surface area contributed by atoms with Crippen LogP contribution in [0.25, 0.3) is 0 Å². The van der Waals surface area contributed by atoms with Gasteiger partial charge in [0.2, 0.25) is 44.2 Å². The third kappa shape index (κ3) is 40.4. The Balaban J connectivity index is -0.0000000809. The third-order valence-electron chi connectivity index (χ3n) is 2.72. The van der Waals surface area contributed by atoms with Gasteiger partial charge in [0.05, 0.1) is 0 Å². The van der Waals surface area contributed by atoms with Gasteiger partial charge in [-0.05, 0) is 0 Å². The molecule has 3 N–H and O–H groups in total. The second-order valence-electron chi connectivity index (χ2n) is 7.17. The predicted molar refractivity (Wildman–Crippen MR) is 130 cm³/mol. The van der Waals surface area contributed by atoms with Crippen molar-refractivity contribution in [3.63, 3.8) is 0 Å². The number of halogens is 3. The summed E-state index contributed by atoms with van der Waals surface area (Å²) in [4.78, 5) is 26.4. The van der Waals surface area contributed by atoms with E-state index < -0.39 is 44.2 Å². The fraction of sp³-hybridized carbons (Fsp3) is 1.00. The molecule has 0 aliphatic carbocycles. The molecule has 0 aromatic rings. The first-order valence-electron chi connectivity index (χ1n) is 8.19. The van der Waals surface area contributed by atoms with E-state index in [1.165, 1.54) is 61.3 Å². The van der Waals surface area contributed by atoms with Crippen molar-refractivity contribution >= 4 is 44.2 Å². The van der Waals surface area contributed by atoms with Gasteiger partial charge >= 0.3 is 0 Å². The smallest absolute Gasteiger partial charge is 0.209 e. The minimum absolute atomic E-state index is 0. The normalized spacial score (nSPS) is 21.3. The van der Waals surface area contributed by atoms with E-state index in [9.17, 15) is 27.4 Å². The van der Waals surface area contributed by atoms with Crippen LogP contribution in [0.3, 0.4) is 0 Å². The van der Waals surface area contributed by atoms with Gasteiger partial charge < -0.3 is 28.3 Å². The van der Waals surface area contributed by atoms with Crippen molar-refractivity contribution < 1.29 is 70.9 Å². The first-order valence-corrected chi connectivity index (χ1v) is 21.8. The molecule has 0 spiro atoms. The fourth-order valence-corrected chi connectivity index (χ4v) is 14.4. The molecule has 21 heteroatoms. The number of hydrogen-bond donors (Lipinski definition) is 3. The van der Waals surface area contributed by atoms with Crippen LogP contribution in [0.1, 0.15) is 1.43 Å². The molecule has 0 aliphatic rings. The highest BCUT2D eigenvalue weighted by atomic mass is 31.2. The van der Waals surface area contributed by atoms with Crippen molar-refractivity contribution in [1.29, 1.82) is 0 Å². The van der Waals surface area contributed by atoms with Crippen LogP contribution in [-0.2, 0) is 41.0 Å². The van der Waals surface area contributed by atoms with Gasteiger partial charge in [0.15, 0.2) is 0 Å².